The van der Waals surface area contributed by atoms with Crippen LogP contribution in [-0.4, -0.2) is 21.2 Å². The van der Waals surface area contributed by atoms with Gasteiger partial charge in [0.05, 0.1) is 11.2 Å². The lowest BCUT2D eigenvalue weighted by molar-refractivity contribution is 0.0695. The van der Waals surface area contributed by atoms with E-state index in [1.54, 1.807) is 24.3 Å². The molecule has 0 unspecified atom stereocenters. The number of fused-ring (bicyclic) bond motifs is 1. The molecule has 0 bridgehead atoms. The Morgan fingerprint density at radius 3 is 2.37 bits per heavy atom. The fraction of sp³-hybridized carbons (Fsp3) is 0.273. The van der Waals surface area contributed by atoms with Gasteiger partial charge in [0.25, 0.3) is 0 Å². The van der Waals surface area contributed by atoms with E-state index in [0.29, 0.717) is 16.6 Å². The molecule has 0 amide bonds. The van der Waals surface area contributed by atoms with Gasteiger partial charge in [0.1, 0.15) is 11.4 Å². The minimum atomic E-state index is -1.18. The molecule has 0 spiro atoms. The van der Waals surface area contributed by atoms with Gasteiger partial charge in [-0.15, -0.1) is 0 Å². The highest BCUT2D eigenvalue weighted by Gasteiger charge is 2.50. The summed E-state index contributed by atoms with van der Waals surface area (Å²) in [6.45, 7) is 4.05. The highest BCUT2D eigenvalue weighted by Crippen LogP contribution is 2.56. The number of hydrogen-bond donors (Lipinski definition) is 2. The number of benzene rings is 2. The number of rotatable bonds is 4. The predicted octanol–water partition coefficient (Wildman–Crippen LogP) is 4.98. The molecule has 1 aliphatic rings. The average molecular weight is 365 g/mol. The van der Waals surface area contributed by atoms with E-state index in [1.165, 1.54) is 12.1 Å². The maximum absolute atomic E-state index is 13.4. The second-order valence-corrected chi connectivity index (χ2v) is 7.48. The normalized spacial score (nSPS) is 15.3. The van der Waals surface area contributed by atoms with Gasteiger partial charge in [0.2, 0.25) is 0 Å². The van der Waals surface area contributed by atoms with Gasteiger partial charge in [-0.05, 0) is 42.0 Å². The van der Waals surface area contributed by atoms with Crippen molar-refractivity contribution in [2.75, 3.05) is 0 Å². The van der Waals surface area contributed by atoms with Crippen LogP contribution in [-0.2, 0) is 5.41 Å². The van der Waals surface area contributed by atoms with E-state index in [1.807, 2.05) is 19.9 Å². The van der Waals surface area contributed by atoms with E-state index < -0.39 is 11.4 Å². The van der Waals surface area contributed by atoms with Crippen molar-refractivity contribution in [3.63, 3.8) is 0 Å². The van der Waals surface area contributed by atoms with Gasteiger partial charge in [-0.3, -0.25) is 0 Å². The molecule has 0 radical (unpaired) electrons. The van der Waals surface area contributed by atoms with Crippen molar-refractivity contribution in [3.05, 3.63) is 70.7 Å². The second-order valence-electron chi connectivity index (χ2n) is 7.48. The molecule has 0 aliphatic heterocycles. The Hall–Kier alpha value is -2.95. The van der Waals surface area contributed by atoms with Crippen molar-refractivity contribution in [2.24, 2.45) is 0 Å². The van der Waals surface area contributed by atoms with E-state index in [-0.39, 0.29) is 23.0 Å². The van der Waals surface area contributed by atoms with E-state index >= 15 is 0 Å². The third-order valence-corrected chi connectivity index (χ3v) is 5.46. The fourth-order valence-electron chi connectivity index (χ4n) is 3.87. The molecule has 1 fully saturated rings. The standard InChI is InChI=1S/C22H20FNO3/c1-12(2)15-4-3-5-16-17(21(26)27)19(25)20(24-18(15)16)22(10-11-22)13-6-8-14(23)9-7-13/h3-9,12,25H,10-11H2,1-2H3,(H,26,27). The Bertz CT molecular complexity index is 1050. The summed E-state index contributed by atoms with van der Waals surface area (Å²) in [5.74, 6) is -1.66. The summed E-state index contributed by atoms with van der Waals surface area (Å²) in [5, 5.41) is 21.1. The summed E-state index contributed by atoms with van der Waals surface area (Å²) < 4.78 is 13.4. The molecule has 1 heterocycles. The molecule has 1 saturated carbocycles. The average Bonchev–Trinajstić information content (AvgIpc) is 3.42. The molecule has 3 aromatic rings. The van der Waals surface area contributed by atoms with Crippen molar-refractivity contribution in [2.45, 2.75) is 38.0 Å². The third-order valence-electron chi connectivity index (χ3n) is 5.46. The molecule has 27 heavy (non-hydrogen) atoms. The number of aromatic hydroxyl groups is 1. The Morgan fingerprint density at radius 1 is 1.15 bits per heavy atom. The summed E-state index contributed by atoms with van der Waals surface area (Å²) in [6.07, 6.45) is 1.46. The molecule has 1 aliphatic carbocycles. The fourth-order valence-corrected chi connectivity index (χ4v) is 3.87. The van der Waals surface area contributed by atoms with E-state index in [4.69, 9.17) is 4.98 Å². The van der Waals surface area contributed by atoms with Gasteiger partial charge >= 0.3 is 5.97 Å². The number of hydrogen-bond acceptors (Lipinski definition) is 3. The molecule has 2 N–H and O–H groups in total. The Balaban J connectivity index is 2.04. The van der Waals surface area contributed by atoms with Gasteiger partial charge in [-0.1, -0.05) is 44.2 Å². The second kappa shape index (κ2) is 6.05. The summed E-state index contributed by atoms with van der Waals surface area (Å²) in [7, 11) is 0. The molecule has 5 heteroatoms. The van der Waals surface area contributed by atoms with Crippen molar-refractivity contribution >= 4 is 16.9 Å². The number of para-hydroxylation sites is 1. The van der Waals surface area contributed by atoms with Crippen LogP contribution in [0.3, 0.4) is 0 Å². The number of pyridine rings is 1. The van der Waals surface area contributed by atoms with E-state index in [0.717, 1.165) is 24.0 Å². The van der Waals surface area contributed by atoms with E-state index in [2.05, 4.69) is 0 Å². The number of carboxylic acid groups (broad SMARTS) is 1. The van der Waals surface area contributed by atoms with Gasteiger partial charge in [0, 0.05) is 10.8 Å². The Morgan fingerprint density at radius 2 is 1.81 bits per heavy atom. The lowest BCUT2D eigenvalue weighted by atomic mass is 9.88. The minimum Gasteiger partial charge on any atom is -0.505 e. The number of carbonyl (C=O) groups is 1. The zero-order valence-corrected chi connectivity index (χ0v) is 15.2. The van der Waals surface area contributed by atoms with Crippen molar-refractivity contribution in [1.29, 1.82) is 0 Å². The van der Waals surface area contributed by atoms with Crippen molar-refractivity contribution in [1.82, 2.24) is 4.98 Å². The number of nitrogens with zero attached hydrogens (tertiary/aromatic N) is 1. The first-order chi connectivity index (χ1) is 12.8. The maximum atomic E-state index is 13.4. The van der Waals surface area contributed by atoms with Crippen LogP contribution < -0.4 is 0 Å². The molecular weight excluding hydrogens is 345 g/mol. The lowest BCUT2D eigenvalue weighted by Gasteiger charge is -2.20. The topological polar surface area (TPSA) is 70.4 Å². The van der Waals surface area contributed by atoms with Crippen molar-refractivity contribution < 1.29 is 19.4 Å². The van der Waals surface area contributed by atoms with E-state index in [9.17, 15) is 19.4 Å². The van der Waals surface area contributed by atoms with Crippen LogP contribution >= 0.6 is 0 Å². The first kappa shape index (κ1) is 17.5. The molecule has 0 atom stereocenters. The zero-order valence-electron chi connectivity index (χ0n) is 15.2. The molecule has 2 aromatic carbocycles. The van der Waals surface area contributed by atoms with Crippen LogP contribution in [0.4, 0.5) is 4.39 Å². The van der Waals surface area contributed by atoms with Crippen LogP contribution in [0.2, 0.25) is 0 Å². The van der Waals surface area contributed by atoms with Crippen LogP contribution in [0.5, 0.6) is 5.75 Å². The van der Waals surface area contributed by atoms with Gasteiger partial charge in [0.15, 0.2) is 5.75 Å². The quantitative estimate of drug-likeness (QED) is 0.684. The van der Waals surface area contributed by atoms with Crippen LogP contribution in [0.15, 0.2) is 42.5 Å². The third kappa shape index (κ3) is 2.65. The van der Waals surface area contributed by atoms with Crippen LogP contribution in [0.1, 0.15) is 59.8 Å². The van der Waals surface area contributed by atoms with Crippen molar-refractivity contribution in [3.8, 4) is 5.75 Å². The maximum Gasteiger partial charge on any atom is 0.340 e. The number of aromatic carboxylic acids is 1. The molecule has 138 valence electrons. The summed E-state index contributed by atoms with van der Waals surface area (Å²) in [6, 6.07) is 11.5. The first-order valence-corrected chi connectivity index (χ1v) is 9.00. The summed E-state index contributed by atoms with van der Waals surface area (Å²) in [5.41, 5.74) is 2.06. The number of aromatic nitrogens is 1. The molecule has 0 saturated heterocycles. The smallest absolute Gasteiger partial charge is 0.340 e. The van der Waals surface area contributed by atoms with Crippen LogP contribution in [0, 0.1) is 5.82 Å². The summed E-state index contributed by atoms with van der Waals surface area (Å²) in [4.78, 5) is 16.7. The minimum absolute atomic E-state index is 0.120. The highest BCUT2D eigenvalue weighted by molar-refractivity contribution is 6.06. The van der Waals surface area contributed by atoms with Gasteiger partial charge in [-0.25, -0.2) is 14.2 Å². The number of halogens is 1. The monoisotopic (exact) mass is 365 g/mol. The predicted molar refractivity (Wildman–Crippen MR) is 101 cm³/mol. The molecule has 4 nitrogen and oxygen atoms in total. The SMILES string of the molecule is CC(C)c1cccc2c(C(=O)O)c(O)c(C3(c4ccc(F)cc4)CC3)nc12. The first-order valence-electron chi connectivity index (χ1n) is 9.00. The van der Waals surface area contributed by atoms with Gasteiger partial charge in [-0.2, -0.15) is 0 Å². The largest absolute Gasteiger partial charge is 0.505 e. The highest BCUT2D eigenvalue weighted by atomic mass is 19.1. The molecule has 4 rings (SSSR count). The molecular formula is C22H20FNO3. The number of carboxylic acids is 1. The van der Waals surface area contributed by atoms with Gasteiger partial charge < -0.3 is 10.2 Å². The Kier molecular flexibility index (Phi) is 3.91. The Labute approximate surface area is 156 Å². The molecule has 1 aromatic heterocycles. The van der Waals surface area contributed by atoms with Crippen LogP contribution in [0.25, 0.3) is 10.9 Å². The lowest BCUT2D eigenvalue weighted by Crippen LogP contribution is -2.15. The zero-order chi connectivity index (χ0) is 19.3. The summed E-state index contributed by atoms with van der Waals surface area (Å²) >= 11 is 0.